The van der Waals surface area contributed by atoms with Crippen LogP contribution < -0.4 is 11.1 Å². The van der Waals surface area contributed by atoms with E-state index in [0.717, 1.165) is 48.1 Å². The SMILES string of the molecule is N[C@@H](CC1CCC(Nc2ncc(-c3ccccc3)c(-c3ccccc3)n2)CC1)C(=O)OOC(=O)C(F)(F)F. The third-order valence-electron chi connectivity index (χ3n) is 6.42. The van der Waals surface area contributed by atoms with Crippen molar-refractivity contribution in [2.24, 2.45) is 11.7 Å². The number of hydrogen-bond acceptors (Lipinski definition) is 8. The Morgan fingerprint density at radius 2 is 1.55 bits per heavy atom. The number of benzene rings is 2. The molecule has 3 N–H and O–H groups in total. The molecule has 3 aromatic rings. The first-order valence-electron chi connectivity index (χ1n) is 12.2. The van der Waals surface area contributed by atoms with Crippen LogP contribution in [0.3, 0.4) is 0 Å². The van der Waals surface area contributed by atoms with Gasteiger partial charge in [0.25, 0.3) is 0 Å². The fraction of sp³-hybridized carbons (Fsp3) is 0.333. The number of alkyl halides is 3. The van der Waals surface area contributed by atoms with Gasteiger partial charge in [0.2, 0.25) is 5.95 Å². The van der Waals surface area contributed by atoms with E-state index >= 15 is 0 Å². The Kier molecular flexibility index (Phi) is 8.57. The molecule has 0 bridgehead atoms. The summed E-state index contributed by atoms with van der Waals surface area (Å²) in [6.45, 7) is 0. The number of carbonyl (C=O) groups is 2. The molecule has 0 radical (unpaired) electrons. The van der Waals surface area contributed by atoms with Gasteiger partial charge in [0.15, 0.2) is 0 Å². The van der Waals surface area contributed by atoms with E-state index in [1.54, 1.807) is 0 Å². The topological polar surface area (TPSA) is 116 Å². The lowest BCUT2D eigenvalue weighted by molar-refractivity contribution is -0.286. The van der Waals surface area contributed by atoms with E-state index in [9.17, 15) is 22.8 Å². The standard InChI is InChI=1S/C27H27F3N4O4/c28-27(29,30)25(36)38-37-24(35)22(31)15-17-11-13-20(14-12-17)33-26-32-16-21(18-7-3-1-4-8-18)23(34-26)19-9-5-2-6-10-19/h1-10,16-17,20,22H,11-15,31H2,(H,32,33,34)/t17?,20?,22-/m0/s1. The number of carbonyl (C=O) groups excluding carboxylic acids is 2. The Bertz CT molecular complexity index is 1230. The molecule has 1 aliphatic rings. The smallest absolute Gasteiger partial charge is 0.351 e. The van der Waals surface area contributed by atoms with Gasteiger partial charge in [-0.1, -0.05) is 60.7 Å². The highest BCUT2D eigenvalue weighted by Crippen LogP contribution is 2.32. The lowest BCUT2D eigenvalue weighted by Gasteiger charge is -2.30. The van der Waals surface area contributed by atoms with Crippen LogP contribution in [-0.4, -0.2) is 40.2 Å². The third kappa shape index (κ3) is 7.06. The molecule has 0 spiro atoms. The number of nitrogens with two attached hydrogens (primary N) is 1. The molecule has 11 heteroatoms. The van der Waals surface area contributed by atoms with Crippen molar-refractivity contribution in [3.8, 4) is 22.4 Å². The van der Waals surface area contributed by atoms with Crippen molar-refractivity contribution in [2.75, 3.05) is 5.32 Å². The molecule has 1 fully saturated rings. The van der Waals surface area contributed by atoms with Crippen LogP contribution in [0.4, 0.5) is 19.1 Å². The summed E-state index contributed by atoms with van der Waals surface area (Å²) in [6, 6.07) is 18.7. The highest BCUT2D eigenvalue weighted by Gasteiger charge is 2.43. The number of nitrogens with one attached hydrogen (secondary N) is 1. The van der Waals surface area contributed by atoms with Gasteiger partial charge in [-0.15, -0.1) is 0 Å². The molecule has 1 saturated carbocycles. The summed E-state index contributed by atoms with van der Waals surface area (Å²) < 4.78 is 36.5. The zero-order chi connectivity index (χ0) is 27.1. The molecule has 1 atom stereocenters. The van der Waals surface area contributed by atoms with Crippen molar-refractivity contribution in [1.82, 2.24) is 9.97 Å². The Hall–Kier alpha value is -3.99. The van der Waals surface area contributed by atoms with E-state index in [-0.39, 0.29) is 18.4 Å². The Morgan fingerprint density at radius 1 is 0.947 bits per heavy atom. The van der Waals surface area contributed by atoms with Crippen LogP contribution in [-0.2, 0) is 19.4 Å². The lowest BCUT2D eigenvalue weighted by Crippen LogP contribution is -2.37. The Morgan fingerprint density at radius 3 is 2.16 bits per heavy atom. The molecule has 0 aliphatic heterocycles. The predicted molar refractivity (Wildman–Crippen MR) is 133 cm³/mol. The molecule has 1 aromatic heterocycles. The molecule has 1 heterocycles. The lowest BCUT2D eigenvalue weighted by atomic mass is 9.82. The second kappa shape index (κ2) is 12.0. The molecule has 0 saturated heterocycles. The zero-order valence-corrected chi connectivity index (χ0v) is 20.4. The Balaban J connectivity index is 1.34. The molecule has 4 rings (SSSR count). The van der Waals surface area contributed by atoms with E-state index in [2.05, 4.69) is 20.1 Å². The van der Waals surface area contributed by atoms with Crippen molar-refractivity contribution in [3.63, 3.8) is 0 Å². The molecule has 1 aliphatic carbocycles. The highest BCUT2D eigenvalue weighted by atomic mass is 19.4. The summed E-state index contributed by atoms with van der Waals surface area (Å²) in [7, 11) is 0. The average molecular weight is 529 g/mol. The fourth-order valence-corrected chi connectivity index (χ4v) is 4.46. The predicted octanol–water partition coefficient (Wildman–Crippen LogP) is 5.06. The maximum atomic E-state index is 12.2. The van der Waals surface area contributed by atoms with Crippen LogP contribution in [0.1, 0.15) is 32.1 Å². The largest absolute Gasteiger partial charge is 0.495 e. The first-order chi connectivity index (χ1) is 18.2. The van der Waals surface area contributed by atoms with E-state index in [0.29, 0.717) is 5.95 Å². The molecule has 200 valence electrons. The van der Waals surface area contributed by atoms with E-state index in [4.69, 9.17) is 10.7 Å². The maximum absolute atomic E-state index is 12.2. The molecule has 2 aromatic carbocycles. The molecular weight excluding hydrogens is 501 g/mol. The van der Waals surface area contributed by atoms with Gasteiger partial charge in [-0.3, -0.25) is 0 Å². The van der Waals surface area contributed by atoms with Gasteiger partial charge in [-0.25, -0.2) is 29.3 Å². The minimum absolute atomic E-state index is 0.0650. The number of hydrogen-bond donors (Lipinski definition) is 2. The van der Waals surface area contributed by atoms with Gasteiger partial charge in [0.1, 0.15) is 6.04 Å². The fourth-order valence-electron chi connectivity index (χ4n) is 4.46. The number of anilines is 1. The highest BCUT2D eigenvalue weighted by molar-refractivity contribution is 5.81. The van der Waals surface area contributed by atoms with Crippen LogP contribution in [0, 0.1) is 5.92 Å². The van der Waals surface area contributed by atoms with E-state index in [1.165, 1.54) is 0 Å². The van der Waals surface area contributed by atoms with E-state index in [1.807, 2.05) is 66.9 Å². The molecule has 0 unspecified atom stereocenters. The summed E-state index contributed by atoms with van der Waals surface area (Å²) >= 11 is 0. The minimum atomic E-state index is -5.26. The number of rotatable bonds is 7. The first kappa shape index (κ1) is 27.1. The quantitative estimate of drug-likeness (QED) is 0.323. The summed E-state index contributed by atoms with van der Waals surface area (Å²) in [6.07, 6.45) is -0.253. The van der Waals surface area contributed by atoms with E-state index < -0.39 is 24.2 Å². The van der Waals surface area contributed by atoms with Gasteiger partial charge in [-0.05, 0) is 43.6 Å². The summed E-state index contributed by atoms with van der Waals surface area (Å²) in [4.78, 5) is 39.4. The summed E-state index contributed by atoms with van der Waals surface area (Å²) in [5.74, 6) is -3.25. The summed E-state index contributed by atoms with van der Waals surface area (Å²) in [5.41, 5.74) is 9.48. The van der Waals surface area contributed by atoms with Crippen molar-refractivity contribution < 1.29 is 32.5 Å². The van der Waals surface area contributed by atoms with Gasteiger partial charge in [0.05, 0.1) is 5.69 Å². The first-order valence-corrected chi connectivity index (χ1v) is 12.2. The van der Waals surface area contributed by atoms with Crippen molar-refractivity contribution in [1.29, 1.82) is 0 Å². The molecule has 8 nitrogen and oxygen atoms in total. The van der Waals surface area contributed by atoms with Gasteiger partial charge < -0.3 is 11.1 Å². The second-order valence-electron chi connectivity index (χ2n) is 9.16. The van der Waals surface area contributed by atoms with Gasteiger partial charge >= 0.3 is 18.1 Å². The van der Waals surface area contributed by atoms with Crippen molar-refractivity contribution >= 4 is 17.9 Å². The van der Waals surface area contributed by atoms with Crippen molar-refractivity contribution in [2.45, 2.75) is 50.4 Å². The number of nitrogens with zero attached hydrogens (tertiary/aromatic N) is 2. The number of aromatic nitrogens is 2. The van der Waals surface area contributed by atoms with Crippen molar-refractivity contribution in [3.05, 3.63) is 66.9 Å². The van der Waals surface area contributed by atoms with Crippen LogP contribution >= 0.6 is 0 Å². The average Bonchev–Trinajstić information content (AvgIpc) is 2.93. The summed E-state index contributed by atoms with van der Waals surface area (Å²) in [5, 5.41) is 3.40. The van der Waals surface area contributed by atoms with Crippen LogP contribution in [0.25, 0.3) is 22.4 Å². The maximum Gasteiger partial charge on any atom is 0.495 e. The van der Waals surface area contributed by atoms with Crippen LogP contribution in [0.2, 0.25) is 0 Å². The normalized spacial score (nSPS) is 18.3. The third-order valence-corrected chi connectivity index (χ3v) is 6.42. The van der Waals surface area contributed by atoms with Gasteiger partial charge in [-0.2, -0.15) is 13.2 Å². The zero-order valence-electron chi connectivity index (χ0n) is 20.4. The van der Waals surface area contributed by atoms with Crippen LogP contribution in [0.5, 0.6) is 0 Å². The Labute approximate surface area is 217 Å². The molecule has 38 heavy (non-hydrogen) atoms. The monoisotopic (exact) mass is 528 g/mol. The number of halogens is 3. The van der Waals surface area contributed by atoms with Crippen LogP contribution in [0.15, 0.2) is 66.9 Å². The molecule has 0 amide bonds. The van der Waals surface area contributed by atoms with Gasteiger partial charge in [0, 0.05) is 23.4 Å². The molecular formula is C27H27F3N4O4. The minimum Gasteiger partial charge on any atom is -0.351 e. The second-order valence-corrected chi connectivity index (χ2v) is 9.16.